The molecule has 2 N–H and O–H groups in total. The number of hydrogen-bond donors (Lipinski definition) is 2. The summed E-state index contributed by atoms with van der Waals surface area (Å²) in [6.45, 7) is 4.91. The predicted molar refractivity (Wildman–Crippen MR) is 132 cm³/mol. The zero-order valence-electron chi connectivity index (χ0n) is 17.8. The van der Waals surface area contributed by atoms with Crippen molar-refractivity contribution in [3.63, 3.8) is 0 Å². The molecule has 1 aliphatic rings. The van der Waals surface area contributed by atoms with Crippen molar-refractivity contribution in [1.29, 1.82) is 0 Å². The van der Waals surface area contributed by atoms with Crippen molar-refractivity contribution in [3.05, 3.63) is 48.0 Å². The molecule has 1 fully saturated rings. The maximum atomic E-state index is 5.59. The molecule has 3 rings (SSSR count). The number of aliphatic imine (C=N–C) groups is 1. The number of ether oxygens (including phenoxy) is 1. The lowest BCUT2D eigenvalue weighted by Crippen LogP contribution is -2.37. The van der Waals surface area contributed by atoms with Gasteiger partial charge in [-0.1, -0.05) is 18.9 Å². The second-order valence-electron chi connectivity index (χ2n) is 7.26. The van der Waals surface area contributed by atoms with Crippen LogP contribution in [0.3, 0.4) is 0 Å². The van der Waals surface area contributed by atoms with E-state index in [0.717, 1.165) is 49.2 Å². The Morgan fingerprint density at radius 3 is 2.67 bits per heavy atom. The average molecular weight is 527 g/mol. The van der Waals surface area contributed by atoms with Gasteiger partial charge in [-0.15, -0.1) is 24.0 Å². The van der Waals surface area contributed by atoms with E-state index >= 15 is 0 Å². The minimum Gasteiger partial charge on any atom is -0.467 e. The van der Waals surface area contributed by atoms with Crippen LogP contribution in [0.5, 0.6) is 0 Å². The first-order chi connectivity index (χ1) is 14.3. The summed E-state index contributed by atoms with van der Waals surface area (Å²) in [6, 6.07) is 8.07. The van der Waals surface area contributed by atoms with Gasteiger partial charge in [0.05, 0.1) is 6.26 Å². The van der Waals surface area contributed by atoms with E-state index in [0.29, 0.717) is 19.8 Å². The number of guanidine groups is 1. The van der Waals surface area contributed by atoms with Gasteiger partial charge in [0.15, 0.2) is 5.96 Å². The molecule has 3 heterocycles. The fourth-order valence-corrected chi connectivity index (χ4v) is 3.36. The van der Waals surface area contributed by atoms with Crippen molar-refractivity contribution in [3.8, 4) is 0 Å². The summed E-state index contributed by atoms with van der Waals surface area (Å²) in [6.07, 6.45) is 9.72. The molecule has 0 radical (unpaired) electrons. The zero-order valence-corrected chi connectivity index (χ0v) is 20.1. The normalized spacial score (nSPS) is 14.7. The largest absolute Gasteiger partial charge is 0.467 e. The summed E-state index contributed by atoms with van der Waals surface area (Å²) in [7, 11) is 1.78. The van der Waals surface area contributed by atoms with Crippen molar-refractivity contribution >= 4 is 35.8 Å². The van der Waals surface area contributed by atoms with Crippen molar-refractivity contribution in [2.75, 3.05) is 38.2 Å². The van der Waals surface area contributed by atoms with Gasteiger partial charge in [0.25, 0.3) is 0 Å². The maximum absolute atomic E-state index is 5.59. The number of pyridine rings is 1. The molecule has 1 aliphatic heterocycles. The Morgan fingerprint density at radius 1 is 1.17 bits per heavy atom. The van der Waals surface area contributed by atoms with Gasteiger partial charge < -0.3 is 24.7 Å². The lowest BCUT2D eigenvalue weighted by Gasteiger charge is -2.21. The molecule has 8 heteroatoms. The van der Waals surface area contributed by atoms with Gasteiger partial charge in [-0.3, -0.25) is 4.99 Å². The van der Waals surface area contributed by atoms with Gasteiger partial charge in [-0.05, 0) is 43.0 Å². The summed E-state index contributed by atoms with van der Waals surface area (Å²) in [5, 5.41) is 6.65. The molecule has 1 saturated heterocycles. The van der Waals surface area contributed by atoms with Crippen LogP contribution in [0.25, 0.3) is 0 Å². The number of aromatic nitrogens is 1. The molecule has 0 saturated carbocycles. The molecule has 0 unspecified atom stereocenters. The molecule has 30 heavy (non-hydrogen) atoms. The minimum atomic E-state index is 0. The highest BCUT2D eigenvalue weighted by Crippen LogP contribution is 2.17. The van der Waals surface area contributed by atoms with E-state index in [2.05, 4.69) is 37.6 Å². The van der Waals surface area contributed by atoms with Crippen LogP contribution in [0.1, 0.15) is 43.4 Å². The van der Waals surface area contributed by atoms with Gasteiger partial charge in [0.2, 0.25) is 0 Å². The lowest BCUT2D eigenvalue weighted by molar-refractivity contribution is 0.105. The van der Waals surface area contributed by atoms with E-state index in [1.54, 1.807) is 13.3 Å². The first kappa shape index (κ1) is 24.5. The second-order valence-corrected chi connectivity index (χ2v) is 7.26. The molecule has 7 nitrogen and oxygen atoms in total. The smallest absolute Gasteiger partial charge is 0.191 e. The average Bonchev–Trinajstić information content (AvgIpc) is 3.13. The Morgan fingerprint density at radius 2 is 2.00 bits per heavy atom. The van der Waals surface area contributed by atoms with E-state index in [1.807, 2.05) is 18.3 Å². The minimum absolute atomic E-state index is 0. The van der Waals surface area contributed by atoms with Crippen LogP contribution in [0.2, 0.25) is 0 Å². The quantitative estimate of drug-likeness (QED) is 0.223. The Labute approximate surface area is 196 Å². The zero-order chi connectivity index (χ0) is 20.2. The van der Waals surface area contributed by atoms with E-state index in [1.165, 1.54) is 25.7 Å². The lowest BCUT2D eigenvalue weighted by atomic mass is 10.2. The number of halogens is 1. The first-order valence-electron chi connectivity index (χ1n) is 10.6. The summed E-state index contributed by atoms with van der Waals surface area (Å²) < 4.78 is 10.8. The van der Waals surface area contributed by atoms with Crippen LogP contribution in [-0.2, 0) is 17.9 Å². The van der Waals surface area contributed by atoms with E-state index in [4.69, 9.17) is 9.15 Å². The van der Waals surface area contributed by atoms with Crippen molar-refractivity contribution in [1.82, 2.24) is 15.6 Å². The Balaban J connectivity index is 0.00000320. The molecular formula is C22H34IN5O2. The Kier molecular flexibility index (Phi) is 11.6. The molecule has 166 valence electrons. The summed E-state index contributed by atoms with van der Waals surface area (Å²) >= 11 is 0. The van der Waals surface area contributed by atoms with E-state index in [-0.39, 0.29) is 24.0 Å². The standard InChI is InChI=1S/C22H33N5O2.HI/c1-23-22(24-11-7-14-28-18-20-8-6-15-29-20)26-17-19-9-10-21(25-16-19)27-12-4-2-3-5-13-27;/h6,8-10,15-16H,2-5,7,11-14,17-18H2,1H3,(H2,23,24,26);1H. The SMILES string of the molecule is CN=C(NCCCOCc1ccco1)NCc1ccc(N2CCCCCC2)nc1.I. The monoisotopic (exact) mass is 527 g/mol. The molecule has 2 aromatic heterocycles. The van der Waals surface area contributed by atoms with Crippen molar-refractivity contribution < 1.29 is 9.15 Å². The van der Waals surface area contributed by atoms with Crippen LogP contribution in [-0.4, -0.2) is 44.2 Å². The fraction of sp³-hybridized carbons (Fsp3) is 0.545. The third-order valence-corrected chi connectivity index (χ3v) is 5.01. The van der Waals surface area contributed by atoms with Crippen LogP contribution in [0, 0.1) is 0 Å². The van der Waals surface area contributed by atoms with Gasteiger partial charge in [0, 0.05) is 46.0 Å². The van der Waals surface area contributed by atoms with E-state index in [9.17, 15) is 0 Å². The van der Waals surface area contributed by atoms with Crippen LogP contribution in [0.4, 0.5) is 5.82 Å². The highest BCUT2D eigenvalue weighted by Gasteiger charge is 2.10. The van der Waals surface area contributed by atoms with Crippen LogP contribution in [0.15, 0.2) is 46.1 Å². The number of nitrogens with one attached hydrogen (secondary N) is 2. The molecule has 0 bridgehead atoms. The number of rotatable bonds is 9. The van der Waals surface area contributed by atoms with Crippen molar-refractivity contribution in [2.45, 2.75) is 45.3 Å². The topological polar surface area (TPSA) is 74.9 Å². The molecule has 0 atom stereocenters. The number of hydrogen-bond acceptors (Lipinski definition) is 5. The van der Waals surface area contributed by atoms with Gasteiger partial charge >= 0.3 is 0 Å². The van der Waals surface area contributed by atoms with Crippen LogP contribution >= 0.6 is 24.0 Å². The molecule has 0 aliphatic carbocycles. The van der Waals surface area contributed by atoms with Crippen LogP contribution < -0.4 is 15.5 Å². The summed E-state index contributed by atoms with van der Waals surface area (Å²) in [5.74, 6) is 2.73. The third kappa shape index (κ3) is 8.51. The highest BCUT2D eigenvalue weighted by molar-refractivity contribution is 14.0. The van der Waals surface area contributed by atoms with E-state index < -0.39 is 0 Å². The van der Waals surface area contributed by atoms with Gasteiger partial charge in [-0.25, -0.2) is 4.98 Å². The first-order valence-corrected chi connectivity index (χ1v) is 10.6. The molecular weight excluding hydrogens is 493 g/mol. The number of anilines is 1. The van der Waals surface area contributed by atoms with Gasteiger partial charge in [0.1, 0.15) is 18.2 Å². The Hall–Kier alpha value is -1.81. The molecule has 0 spiro atoms. The second kappa shape index (κ2) is 14.2. The molecule has 0 amide bonds. The number of nitrogens with zero attached hydrogens (tertiary/aromatic N) is 3. The summed E-state index contributed by atoms with van der Waals surface area (Å²) in [4.78, 5) is 11.3. The maximum Gasteiger partial charge on any atom is 0.191 e. The number of furan rings is 1. The molecule has 2 aromatic rings. The fourth-order valence-electron chi connectivity index (χ4n) is 3.36. The third-order valence-electron chi connectivity index (χ3n) is 5.01. The predicted octanol–water partition coefficient (Wildman–Crippen LogP) is 3.94. The highest BCUT2D eigenvalue weighted by atomic mass is 127. The Bertz CT molecular complexity index is 714. The summed E-state index contributed by atoms with van der Waals surface area (Å²) in [5.41, 5.74) is 1.15. The van der Waals surface area contributed by atoms with Gasteiger partial charge in [-0.2, -0.15) is 0 Å². The van der Waals surface area contributed by atoms with Crippen molar-refractivity contribution in [2.24, 2.45) is 4.99 Å². The molecule has 0 aromatic carbocycles.